The lowest BCUT2D eigenvalue weighted by Gasteiger charge is -2.28. The molecule has 6 nitrogen and oxygen atoms in total. The maximum absolute atomic E-state index is 13.4. The van der Waals surface area contributed by atoms with Crippen LogP contribution in [0.5, 0.6) is 0 Å². The van der Waals surface area contributed by atoms with E-state index >= 15 is 0 Å². The number of aryl methyl sites for hydroxylation is 1. The second kappa shape index (κ2) is 9.29. The van der Waals surface area contributed by atoms with Crippen molar-refractivity contribution in [3.63, 3.8) is 0 Å². The van der Waals surface area contributed by atoms with Crippen molar-refractivity contribution in [2.75, 3.05) is 18.0 Å². The first-order valence-electron chi connectivity index (χ1n) is 12.1. The van der Waals surface area contributed by atoms with Crippen LogP contribution < -0.4 is 10.2 Å². The van der Waals surface area contributed by atoms with Gasteiger partial charge in [0.05, 0.1) is 11.4 Å². The molecule has 6 heteroatoms. The van der Waals surface area contributed by atoms with E-state index in [2.05, 4.69) is 40.8 Å². The lowest BCUT2D eigenvalue weighted by Crippen LogP contribution is -2.33. The van der Waals surface area contributed by atoms with E-state index in [1.807, 2.05) is 55.5 Å². The molecule has 1 aliphatic heterocycles. The Kier molecular flexibility index (Phi) is 6.05. The topological polar surface area (TPSA) is 63.1 Å². The molecule has 0 spiro atoms. The molecule has 1 aliphatic rings. The summed E-state index contributed by atoms with van der Waals surface area (Å²) in [7, 11) is 0. The first kappa shape index (κ1) is 22.1. The average molecular weight is 454 g/mol. The van der Waals surface area contributed by atoms with E-state index in [0.717, 1.165) is 65.3 Å². The first-order chi connectivity index (χ1) is 16.5. The second-order valence-electron chi connectivity index (χ2n) is 9.10. The number of anilines is 1. The molecule has 5 rings (SSSR count). The minimum absolute atomic E-state index is 0.143. The highest BCUT2D eigenvalue weighted by Crippen LogP contribution is 2.34. The fraction of sp³-hybridized carbons (Fsp3) is 0.321. The van der Waals surface area contributed by atoms with Gasteiger partial charge in [0, 0.05) is 24.5 Å². The Morgan fingerprint density at radius 3 is 2.24 bits per heavy atom. The number of para-hydroxylation sites is 1. The molecule has 1 atom stereocenters. The summed E-state index contributed by atoms with van der Waals surface area (Å²) in [4.78, 5) is 25.4. The van der Waals surface area contributed by atoms with Crippen LogP contribution in [0.3, 0.4) is 0 Å². The summed E-state index contributed by atoms with van der Waals surface area (Å²) < 4.78 is 2.15. The standard InChI is InChI=1S/C28H31N5O/c1-19-21(3)33(23-15-9-5-10-16-23)27-24(19)26(32-17-11-6-12-18-32)30-25(31-27)28(34)29-20(2)22-13-7-4-8-14-22/h4-5,7-10,13-16,20H,6,11-12,17-18H2,1-3H3,(H,29,34)/t20-/m1/s1. The molecule has 2 aromatic heterocycles. The number of aromatic nitrogens is 3. The van der Waals surface area contributed by atoms with E-state index in [4.69, 9.17) is 9.97 Å². The van der Waals surface area contributed by atoms with Crippen LogP contribution in [-0.2, 0) is 0 Å². The molecule has 0 bridgehead atoms. The molecule has 0 radical (unpaired) electrons. The Labute approximate surface area is 200 Å². The largest absolute Gasteiger partial charge is 0.356 e. The van der Waals surface area contributed by atoms with Crippen molar-refractivity contribution in [3.8, 4) is 5.69 Å². The number of carbonyl (C=O) groups is 1. The van der Waals surface area contributed by atoms with Crippen LogP contribution in [0.4, 0.5) is 5.82 Å². The summed E-state index contributed by atoms with van der Waals surface area (Å²) >= 11 is 0. The van der Waals surface area contributed by atoms with Crippen molar-refractivity contribution in [2.45, 2.75) is 46.1 Å². The van der Waals surface area contributed by atoms with Gasteiger partial charge in [0.15, 0.2) is 5.65 Å². The number of rotatable bonds is 5. The molecule has 1 fully saturated rings. The Balaban J connectivity index is 1.64. The molecule has 4 aromatic rings. The zero-order valence-corrected chi connectivity index (χ0v) is 20.1. The number of hydrogen-bond donors (Lipinski definition) is 1. The smallest absolute Gasteiger partial charge is 0.289 e. The summed E-state index contributed by atoms with van der Waals surface area (Å²) in [6.45, 7) is 8.12. The molecule has 0 unspecified atom stereocenters. The van der Waals surface area contributed by atoms with Crippen molar-refractivity contribution < 1.29 is 4.79 Å². The first-order valence-corrected chi connectivity index (χ1v) is 12.1. The van der Waals surface area contributed by atoms with Crippen LogP contribution in [-0.4, -0.2) is 33.5 Å². The second-order valence-corrected chi connectivity index (χ2v) is 9.10. The van der Waals surface area contributed by atoms with Gasteiger partial charge in [-0.2, -0.15) is 0 Å². The zero-order chi connectivity index (χ0) is 23.7. The van der Waals surface area contributed by atoms with Crippen molar-refractivity contribution in [3.05, 3.63) is 83.3 Å². The van der Waals surface area contributed by atoms with E-state index in [1.165, 1.54) is 6.42 Å². The minimum Gasteiger partial charge on any atom is -0.356 e. The number of benzene rings is 2. The molecular formula is C28H31N5O. The van der Waals surface area contributed by atoms with Gasteiger partial charge in [0.2, 0.25) is 5.82 Å². The van der Waals surface area contributed by atoms with Gasteiger partial charge in [-0.3, -0.25) is 9.36 Å². The molecule has 174 valence electrons. The third-order valence-electron chi connectivity index (χ3n) is 6.86. The van der Waals surface area contributed by atoms with Crippen molar-refractivity contribution in [1.29, 1.82) is 0 Å². The lowest BCUT2D eigenvalue weighted by molar-refractivity contribution is 0.0929. The molecule has 3 heterocycles. The molecule has 2 aromatic carbocycles. The third-order valence-corrected chi connectivity index (χ3v) is 6.86. The monoisotopic (exact) mass is 453 g/mol. The van der Waals surface area contributed by atoms with Crippen LogP contribution >= 0.6 is 0 Å². The SMILES string of the molecule is Cc1c(C)n(-c2ccccc2)c2nc(C(=O)N[C@H](C)c3ccccc3)nc(N3CCCCC3)c12. The summed E-state index contributed by atoms with van der Waals surface area (Å²) in [6.07, 6.45) is 3.50. The molecule has 34 heavy (non-hydrogen) atoms. The van der Waals surface area contributed by atoms with Crippen molar-refractivity contribution in [1.82, 2.24) is 19.9 Å². The highest BCUT2D eigenvalue weighted by Gasteiger charge is 2.26. The lowest BCUT2D eigenvalue weighted by atomic mass is 10.1. The Bertz CT molecular complexity index is 1310. The predicted octanol–water partition coefficient (Wildman–Crippen LogP) is 5.52. The Morgan fingerprint density at radius 1 is 0.912 bits per heavy atom. The summed E-state index contributed by atoms with van der Waals surface area (Å²) in [5.41, 5.74) is 5.14. The molecule has 1 amide bonds. The summed E-state index contributed by atoms with van der Waals surface area (Å²) in [5, 5.41) is 4.13. The number of nitrogens with one attached hydrogen (secondary N) is 1. The van der Waals surface area contributed by atoms with Crippen LogP contribution in [0.15, 0.2) is 60.7 Å². The Hall–Kier alpha value is -3.67. The molecule has 0 saturated carbocycles. The Morgan fingerprint density at radius 2 is 1.56 bits per heavy atom. The number of amides is 1. The fourth-order valence-electron chi connectivity index (χ4n) is 4.86. The van der Waals surface area contributed by atoms with Gasteiger partial charge >= 0.3 is 0 Å². The van der Waals surface area contributed by atoms with E-state index in [-0.39, 0.29) is 17.8 Å². The maximum atomic E-state index is 13.4. The van der Waals surface area contributed by atoms with Gasteiger partial charge in [-0.05, 0) is 63.3 Å². The number of hydrogen-bond acceptors (Lipinski definition) is 4. The van der Waals surface area contributed by atoms with Gasteiger partial charge in [0.25, 0.3) is 5.91 Å². The number of nitrogens with zero attached hydrogens (tertiary/aromatic N) is 4. The van der Waals surface area contributed by atoms with E-state index in [0.29, 0.717) is 0 Å². The highest BCUT2D eigenvalue weighted by molar-refractivity contribution is 5.98. The van der Waals surface area contributed by atoms with Gasteiger partial charge < -0.3 is 10.2 Å². The predicted molar refractivity (Wildman–Crippen MR) is 137 cm³/mol. The van der Waals surface area contributed by atoms with Crippen LogP contribution in [0, 0.1) is 13.8 Å². The average Bonchev–Trinajstić information content (AvgIpc) is 3.14. The summed E-state index contributed by atoms with van der Waals surface area (Å²) in [6, 6.07) is 20.0. The molecule has 0 aliphatic carbocycles. The van der Waals surface area contributed by atoms with Crippen LogP contribution in [0.1, 0.15) is 59.7 Å². The highest BCUT2D eigenvalue weighted by atomic mass is 16.2. The molecular weight excluding hydrogens is 422 g/mol. The summed E-state index contributed by atoms with van der Waals surface area (Å²) in [5.74, 6) is 0.829. The molecule has 1 saturated heterocycles. The quantitative estimate of drug-likeness (QED) is 0.432. The normalized spacial score (nSPS) is 14.9. The van der Waals surface area contributed by atoms with Crippen molar-refractivity contribution in [2.24, 2.45) is 0 Å². The van der Waals surface area contributed by atoms with Gasteiger partial charge in [-0.1, -0.05) is 48.5 Å². The number of fused-ring (bicyclic) bond motifs is 1. The van der Waals surface area contributed by atoms with E-state index < -0.39 is 0 Å². The van der Waals surface area contributed by atoms with Gasteiger partial charge in [0.1, 0.15) is 5.82 Å². The van der Waals surface area contributed by atoms with Gasteiger partial charge in [-0.25, -0.2) is 9.97 Å². The van der Waals surface area contributed by atoms with E-state index in [9.17, 15) is 4.79 Å². The van der Waals surface area contributed by atoms with Crippen molar-refractivity contribution >= 4 is 22.8 Å². The van der Waals surface area contributed by atoms with Crippen LogP contribution in [0.2, 0.25) is 0 Å². The zero-order valence-electron chi connectivity index (χ0n) is 20.1. The van der Waals surface area contributed by atoms with E-state index in [1.54, 1.807) is 0 Å². The molecule has 1 N–H and O–H groups in total. The van der Waals surface area contributed by atoms with Gasteiger partial charge in [-0.15, -0.1) is 0 Å². The fourth-order valence-corrected chi connectivity index (χ4v) is 4.86. The maximum Gasteiger partial charge on any atom is 0.289 e. The number of piperidine rings is 1. The van der Waals surface area contributed by atoms with Crippen LogP contribution in [0.25, 0.3) is 16.7 Å². The number of carbonyl (C=O) groups excluding carboxylic acids is 1. The minimum atomic E-state index is -0.257. The third kappa shape index (κ3) is 4.04.